The summed E-state index contributed by atoms with van der Waals surface area (Å²) in [6.07, 6.45) is 7.00. The molecule has 0 radical (unpaired) electrons. The average molecular weight is 208 g/mol. The first-order valence-electron chi connectivity index (χ1n) is 5.42. The lowest BCUT2D eigenvalue weighted by molar-refractivity contribution is 0.189. The van der Waals surface area contributed by atoms with E-state index >= 15 is 0 Å². The van der Waals surface area contributed by atoms with Gasteiger partial charge in [0, 0.05) is 32.2 Å². The van der Waals surface area contributed by atoms with Gasteiger partial charge >= 0.3 is 0 Å². The van der Waals surface area contributed by atoms with E-state index in [1.807, 2.05) is 19.4 Å². The van der Waals surface area contributed by atoms with Gasteiger partial charge in [-0.15, -0.1) is 0 Å². The second kappa shape index (κ2) is 7.37. The van der Waals surface area contributed by atoms with E-state index in [2.05, 4.69) is 22.4 Å². The molecule has 1 N–H and O–H groups in total. The van der Waals surface area contributed by atoms with Crippen molar-refractivity contribution in [1.82, 2.24) is 10.3 Å². The molecule has 0 spiro atoms. The lowest BCUT2D eigenvalue weighted by atomic mass is 10.0. The van der Waals surface area contributed by atoms with Crippen molar-refractivity contribution in [1.29, 1.82) is 0 Å². The molecule has 0 aliphatic heterocycles. The molecule has 1 rings (SSSR count). The van der Waals surface area contributed by atoms with E-state index in [1.165, 1.54) is 5.56 Å². The van der Waals surface area contributed by atoms with E-state index in [9.17, 15) is 0 Å². The minimum absolute atomic E-state index is 0.530. The molecule has 0 aromatic carbocycles. The van der Waals surface area contributed by atoms with Crippen LogP contribution < -0.4 is 5.32 Å². The molecule has 1 aromatic heterocycles. The molecule has 1 atom stereocenters. The van der Waals surface area contributed by atoms with E-state index in [4.69, 9.17) is 4.74 Å². The van der Waals surface area contributed by atoms with Crippen molar-refractivity contribution in [2.75, 3.05) is 20.8 Å². The van der Waals surface area contributed by atoms with Crippen LogP contribution in [0, 0.1) is 0 Å². The fraction of sp³-hybridized carbons (Fsp3) is 0.583. The van der Waals surface area contributed by atoms with Crippen molar-refractivity contribution in [2.45, 2.75) is 25.3 Å². The van der Waals surface area contributed by atoms with Crippen LogP contribution in [0.2, 0.25) is 0 Å². The fourth-order valence-corrected chi connectivity index (χ4v) is 1.63. The topological polar surface area (TPSA) is 34.1 Å². The summed E-state index contributed by atoms with van der Waals surface area (Å²) in [5, 5.41) is 3.33. The Bertz CT molecular complexity index is 251. The van der Waals surface area contributed by atoms with E-state index in [-0.39, 0.29) is 0 Å². The Morgan fingerprint density at radius 1 is 1.40 bits per heavy atom. The van der Waals surface area contributed by atoms with Crippen LogP contribution in [0.25, 0.3) is 0 Å². The molecule has 84 valence electrons. The number of hydrogen-bond donors (Lipinski definition) is 1. The quantitative estimate of drug-likeness (QED) is 0.692. The minimum Gasteiger partial charge on any atom is -0.385 e. The zero-order chi connectivity index (χ0) is 10.9. The van der Waals surface area contributed by atoms with Crippen molar-refractivity contribution in [2.24, 2.45) is 0 Å². The van der Waals surface area contributed by atoms with Gasteiger partial charge in [0.05, 0.1) is 0 Å². The summed E-state index contributed by atoms with van der Waals surface area (Å²) in [6.45, 7) is 0.842. The van der Waals surface area contributed by atoms with Crippen LogP contribution in [0.1, 0.15) is 18.4 Å². The molecular weight excluding hydrogens is 188 g/mol. The highest BCUT2D eigenvalue weighted by atomic mass is 16.5. The van der Waals surface area contributed by atoms with Crippen LogP contribution in [-0.2, 0) is 11.2 Å². The first-order valence-corrected chi connectivity index (χ1v) is 5.42. The molecular formula is C12H20N2O. The Balaban J connectivity index is 2.33. The van der Waals surface area contributed by atoms with Gasteiger partial charge in [-0.1, -0.05) is 0 Å². The van der Waals surface area contributed by atoms with Crippen molar-refractivity contribution >= 4 is 0 Å². The molecule has 0 bridgehead atoms. The van der Waals surface area contributed by atoms with Gasteiger partial charge in [0.2, 0.25) is 0 Å². The summed E-state index contributed by atoms with van der Waals surface area (Å²) in [4.78, 5) is 4.01. The van der Waals surface area contributed by atoms with E-state index in [1.54, 1.807) is 7.11 Å². The number of pyridine rings is 1. The Morgan fingerprint density at radius 3 is 2.73 bits per heavy atom. The number of nitrogens with zero attached hydrogens (tertiary/aromatic N) is 1. The smallest absolute Gasteiger partial charge is 0.0462 e. The van der Waals surface area contributed by atoms with Gasteiger partial charge in [-0.2, -0.15) is 0 Å². The van der Waals surface area contributed by atoms with Crippen molar-refractivity contribution in [3.8, 4) is 0 Å². The molecule has 1 heterocycles. The highest BCUT2D eigenvalue weighted by Gasteiger charge is 2.06. The molecule has 0 aliphatic rings. The van der Waals surface area contributed by atoms with Crippen LogP contribution in [0.5, 0.6) is 0 Å². The predicted molar refractivity (Wildman–Crippen MR) is 61.9 cm³/mol. The van der Waals surface area contributed by atoms with Crippen LogP contribution in [0.4, 0.5) is 0 Å². The summed E-state index contributed by atoms with van der Waals surface area (Å²) in [7, 11) is 3.76. The van der Waals surface area contributed by atoms with Crippen molar-refractivity contribution < 1.29 is 4.74 Å². The summed E-state index contributed by atoms with van der Waals surface area (Å²) in [5.41, 5.74) is 1.33. The third-order valence-corrected chi connectivity index (χ3v) is 2.54. The number of likely N-dealkylation sites (N-methyl/N-ethyl adjacent to an activating group) is 1. The first-order chi connectivity index (χ1) is 7.36. The summed E-state index contributed by atoms with van der Waals surface area (Å²) in [5.74, 6) is 0. The molecule has 1 unspecified atom stereocenters. The van der Waals surface area contributed by atoms with Gasteiger partial charge in [-0.3, -0.25) is 4.98 Å². The van der Waals surface area contributed by atoms with Crippen LogP contribution in [0.15, 0.2) is 24.5 Å². The van der Waals surface area contributed by atoms with Crippen LogP contribution in [0.3, 0.4) is 0 Å². The van der Waals surface area contributed by atoms with Crippen molar-refractivity contribution in [3.05, 3.63) is 30.1 Å². The van der Waals surface area contributed by atoms with E-state index in [0.29, 0.717) is 6.04 Å². The second-order valence-electron chi connectivity index (χ2n) is 3.68. The lowest BCUT2D eigenvalue weighted by Crippen LogP contribution is -2.27. The second-order valence-corrected chi connectivity index (χ2v) is 3.68. The largest absolute Gasteiger partial charge is 0.385 e. The molecule has 0 fully saturated rings. The summed E-state index contributed by atoms with van der Waals surface area (Å²) >= 11 is 0. The average Bonchev–Trinajstić information content (AvgIpc) is 2.29. The maximum atomic E-state index is 5.05. The van der Waals surface area contributed by atoms with E-state index in [0.717, 1.165) is 25.9 Å². The molecule has 0 saturated heterocycles. The number of aromatic nitrogens is 1. The molecule has 0 saturated carbocycles. The molecule has 3 nitrogen and oxygen atoms in total. The van der Waals surface area contributed by atoms with Gasteiger partial charge in [0.15, 0.2) is 0 Å². The Morgan fingerprint density at radius 2 is 2.13 bits per heavy atom. The zero-order valence-corrected chi connectivity index (χ0v) is 9.57. The first kappa shape index (κ1) is 12.1. The zero-order valence-electron chi connectivity index (χ0n) is 9.57. The summed E-state index contributed by atoms with van der Waals surface area (Å²) in [6, 6.07) is 4.67. The van der Waals surface area contributed by atoms with Gasteiger partial charge in [-0.05, 0) is 44.0 Å². The number of methoxy groups -OCH3 is 1. The van der Waals surface area contributed by atoms with Gasteiger partial charge in [0.1, 0.15) is 0 Å². The normalized spacial score (nSPS) is 12.7. The minimum atomic E-state index is 0.530. The van der Waals surface area contributed by atoms with Crippen LogP contribution >= 0.6 is 0 Å². The SMILES string of the molecule is CNC(CCCOC)Cc1ccncc1. The fourth-order valence-electron chi connectivity index (χ4n) is 1.63. The Kier molecular flexibility index (Phi) is 5.97. The highest BCUT2D eigenvalue weighted by Crippen LogP contribution is 2.06. The van der Waals surface area contributed by atoms with Gasteiger partial charge in [-0.25, -0.2) is 0 Å². The highest BCUT2D eigenvalue weighted by molar-refractivity contribution is 5.11. The number of nitrogens with one attached hydrogen (secondary N) is 1. The third-order valence-electron chi connectivity index (χ3n) is 2.54. The van der Waals surface area contributed by atoms with Crippen molar-refractivity contribution in [3.63, 3.8) is 0 Å². The van der Waals surface area contributed by atoms with Crippen LogP contribution in [-0.4, -0.2) is 31.8 Å². The van der Waals surface area contributed by atoms with Gasteiger partial charge < -0.3 is 10.1 Å². The Hall–Kier alpha value is -0.930. The Labute approximate surface area is 91.9 Å². The predicted octanol–water partition coefficient (Wildman–Crippen LogP) is 1.64. The molecule has 0 amide bonds. The standard InChI is InChI=1S/C12H20N2O/c1-13-12(4-3-9-15-2)10-11-5-7-14-8-6-11/h5-8,12-13H,3-4,9-10H2,1-2H3. The molecule has 15 heavy (non-hydrogen) atoms. The number of rotatable bonds is 7. The lowest BCUT2D eigenvalue weighted by Gasteiger charge is -2.15. The maximum Gasteiger partial charge on any atom is 0.0462 e. The molecule has 1 aromatic rings. The van der Waals surface area contributed by atoms with Gasteiger partial charge in [0.25, 0.3) is 0 Å². The molecule has 3 heteroatoms. The summed E-state index contributed by atoms with van der Waals surface area (Å²) < 4.78 is 5.05. The van der Waals surface area contributed by atoms with E-state index < -0.39 is 0 Å². The molecule has 0 aliphatic carbocycles. The monoisotopic (exact) mass is 208 g/mol. The number of hydrogen-bond acceptors (Lipinski definition) is 3. The number of ether oxygens (including phenoxy) is 1. The maximum absolute atomic E-state index is 5.05. The third kappa shape index (κ3) is 4.91.